The molecule has 2 rings (SSSR count). The van der Waals surface area contributed by atoms with E-state index in [0.29, 0.717) is 23.5 Å². The molecule has 3 nitrogen and oxygen atoms in total. The number of hydrogen-bond acceptors (Lipinski definition) is 2. The summed E-state index contributed by atoms with van der Waals surface area (Å²) in [6.07, 6.45) is 11.3. The second-order valence-electron chi connectivity index (χ2n) is 5.83. The van der Waals surface area contributed by atoms with Crippen LogP contribution in [0.15, 0.2) is 0 Å². The molecule has 0 radical (unpaired) electrons. The zero-order chi connectivity index (χ0) is 13.7. The van der Waals surface area contributed by atoms with Crippen LogP contribution < -0.4 is 18.9 Å². The summed E-state index contributed by atoms with van der Waals surface area (Å²) >= 11 is 0. The van der Waals surface area contributed by atoms with E-state index >= 15 is 0 Å². The van der Waals surface area contributed by atoms with Crippen LogP contribution in [0.25, 0.3) is 5.09 Å². The van der Waals surface area contributed by atoms with Crippen molar-refractivity contribution in [1.82, 2.24) is 0 Å². The van der Waals surface area contributed by atoms with E-state index in [1.807, 2.05) is 21.3 Å². The van der Waals surface area contributed by atoms with E-state index in [0.717, 1.165) is 0 Å². The van der Waals surface area contributed by atoms with Crippen molar-refractivity contribution in [3.8, 4) is 0 Å². The minimum atomic E-state index is -0.310. The first-order valence-electron chi connectivity index (χ1n) is 7.75. The summed E-state index contributed by atoms with van der Waals surface area (Å²) in [5, 5.41) is 4.84. The molecule has 0 heterocycles. The molecule has 0 saturated heterocycles. The Balaban J connectivity index is 0.00000200. The first-order chi connectivity index (χ1) is 9.31. The molecule has 0 aromatic rings. The smallest absolute Gasteiger partial charge is 0.639 e. The molecule has 20 heavy (non-hydrogen) atoms. The molecule has 0 bridgehead atoms. The van der Waals surface area contributed by atoms with Gasteiger partial charge in [0.1, 0.15) is 0 Å². The third kappa shape index (κ3) is 4.45. The average molecular weight is 293 g/mol. The van der Waals surface area contributed by atoms with Crippen molar-refractivity contribution in [2.45, 2.75) is 74.9 Å². The average Bonchev–Trinajstić information content (AvgIpc) is 2.49. The first-order valence-corrected chi connectivity index (χ1v) is 9.18. The van der Waals surface area contributed by atoms with E-state index in [1.54, 1.807) is 0 Å². The first kappa shape index (κ1) is 19.0. The van der Waals surface area contributed by atoms with E-state index in [1.165, 1.54) is 51.4 Å². The van der Waals surface area contributed by atoms with E-state index in [2.05, 4.69) is 0 Å². The maximum absolute atomic E-state index is 5.76. The zero-order valence-electron chi connectivity index (χ0n) is 13.7. The van der Waals surface area contributed by atoms with E-state index in [-0.39, 0.29) is 26.9 Å². The van der Waals surface area contributed by atoms with Crippen LogP contribution in [0, 0.1) is 0 Å². The fourth-order valence-corrected chi connectivity index (χ4v) is 7.05. The predicted molar refractivity (Wildman–Crippen MR) is 82.3 cm³/mol. The maximum atomic E-state index is 5.76. The Morgan fingerprint density at radius 2 is 1.20 bits per heavy atom. The minimum absolute atomic E-state index is 0. The van der Waals surface area contributed by atoms with Crippen molar-refractivity contribution in [1.29, 1.82) is 0 Å². The Hall–Kier alpha value is 0.907. The summed E-state index contributed by atoms with van der Waals surface area (Å²) in [4.78, 5) is 0. The molecule has 2 saturated carbocycles. The minimum Gasteiger partial charge on any atom is -0.639 e. The summed E-state index contributed by atoms with van der Waals surface area (Å²) < 4.78 is 11.5. The van der Waals surface area contributed by atoms with Gasteiger partial charge in [-0.05, 0) is 37.0 Å². The van der Waals surface area contributed by atoms with E-state index in [9.17, 15) is 0 Å². The van der Waals surface area contributed by atoms with Crippen LogP contribution >= 0.6 is 8.07 Å². The quantitative estimate of drug-likeness (QED) is 0.565. The molecule has 4 atom stereocenters. The van der Waals surface area contributed by atoms with Gasteiger partial charge >= 0.3 is 18.9 Å². The summed E-state index contributed by atoms with van der Waals surface area (Å²) in [6.45, 7) is 0. The van der Waals surface area contributed by atoms with Gasteiger partial charge in [0.05, 0.1) is 12.2 Å². The van der Waals surface area contributed by atoms with Gasteiger partial charge in [-0.2, -0.15) is 7.05 Å². The van der Waals surface area contributed by atoms with Gasteiger partial charge in [-0.15, -0.1) is 0 Å². The zero-order valence-corrected chi connectivity index (χ0v) is 14.6. The Morgan fingerprint density at radius 3 is 1.55 bits per heavy atom. The fourth-order valence-electron chi connectivity index (χ4n) is 3.85. The SMILES string of the molecule is C[N-]P(C1CCCCC1OC)C1CCCCC1OC.[Li+]. The number of hydrogen-bond donors (Lipinski definition) is 0. The van der Waals surface area contributed by atoms with Crippen LogP contribution in [0.1, 0.15) is 51.4 Å². The van der Waals surface area contributed by atoms with Gasteiger partial charge < -0.3 is 14.6 Å². The number of rotatable bonds is 5. The molecule has 0 N–H and O–H groups in total. The normalized spacial score (nSPS) is 36.1. The Bertz CT molecular complexity index is 246. The van der Waals surface area contributed by atoms with Gasteiger partial charge in [0.15, 0.2) is 0 Å². The molecule has 0 aromatic heterocycles. The van der Waals surface area contributed by atoms with Crippen LogP contribution in [0.3, 0.4) is 0 Å². The summed E-state index contributed by atoms with van der Waals surface area (Å²) in [5.74, 6) is 0. The van der Waals surface area contributed by atoms with Gasteiger partial charge in [0.25, 0.3) is 0 Å². The maximum Gasteiger partial charge on any atom is 1.00 e. The molecule has 0 aliphatic heterocycles. The third-order valence-electron chi connectivity index (χ3n) is 4.85. The molecule has 0 aromatic carbocycles. The Morgan fingerprint density at radius 1 is 0.800 bits per heavy atom. The van der Waals surface area contributed by atoms with Crippen molar-refractivity contribution < 1.29 is 28.3 Å². The van der Waals surface area contributed by atoms with Crippen LogP contribution in [-0.4, -0.2) is 44.8 Å². The van der Waals surface area contributed by atoms with Crippen LogP contribution in [0.2, 0.25) is 0 Å². The Labute approximate surface area is 137 Å². The van der Waals surface area contributed by atoms with Gasteiger partial charge in [-0.3, -0.25) is 0 Å². The number of ether oxygens (including phenoxy) is 2. The molecule has 0 amide bonds. The van der Waals surface area contributed by atoms with Crippen molar-refractivity contribution in [2.24, 2.45) is 0 Å². The van der Waals surface area contributed by atoms with Crippen molar-refractivity contribution in [3.05, 3.63) is 5.09 Å². The number of methoxy groups -OCH3 is 2. The predicted octanol–water partition coefficient (Wildman–Crippen LogP) is 1.31. The summed E-state index contributed by atoms with van der Waals surface area (Å²) in [5.41, 5.74) is 1.33. The standard InChI is InChI=1S/C15H29NO2P.Li/c1-16-19(14-10-6-4-8-12(14)17-2)15-11-7-5-9-13(15)18-3;/h12-15H,4-11H2,1-3H3;/q-1;+1. The largest absolute Gasteiger partial charge is 1.00 e. The topological polar surface area (TPSA) is 32.6 Å². The number of nitrogens with zero attached hydrogens (tertiary/aromatic N) is 1. The van der Waals surface area contributed by atoms with Crippen molar-refractivity contribution in [3.63, 3.8) is 0 Å². The van der Waals surface area contributed by atoms with Crippen molar-refractivity contribution >= 4 is 8.07 Å². The van der Waals surface area contributed by atoms with Gasteiger partial charge in [0.2, 0.25) is 0 Å². The third-order valence-corrected chi connectivity index (χ3v) is 7.85. The van der Waals surface area contributed by atoms with Gasteiger partial charge in [-0.25, -0.2) is 8.07 Å². The van der Waals surface area contributed by atoms with Crippen LogP contribution in [0.5, 0.6) is 0 Å². The molecule has 2 fully saturated rings. The molecule has 2 aliphatic carbocycles. The van der Waals surface area contributed by atoms with Gasteiger partial charge in [0, 0.05) is 14.2 Å². The molecule has 5 heteroatoms. The monoisotopic (exact) mass is 293 g/mol. The molecular weight excluding hydrogens is 264 g/mol. The summed E-state index contributed by atoms with van der Waals surface area (Å²) in [6, 6.07) is 0. The molecular formula is C15H29LiNO2P. The van der Waals surface area contributed by atoms with E-state index < -0.39 is 0 Å². The second kappa shape index (κ2) is 9.83. The molecule has 2 aliphatic rings. The van der Waals surface area contributed by atoms with Crippen LogP contribution in [-0.2, 0) is 9.47 Å². The van der Waals surface area contributed by atoms with Crippen LogP contribution in [0.4, 0.5) is 0 Å². The fraction of sp³-hybridized carbons (Fsp3) is 1.00. The molecule has 112 valence electrons. The summed E-state index contributed by atoms with van der Waals surface area (Å²) in [7, 11) is 5.46. The second-order valence-corrected chi connectivity index (χ2v) is 8.32. The molecule has 4 unspecified atom stereocenters. The van der Waals surface area contributed by atoms with Gasteiger partial charge in [-0.1, -0.05) is 25.7 Å². The molecule has 0 spiro atoms. The van der Waals surface area contributed by atoms with E-state index in [4.69, 9.17) is 14.6 Å². The van der Waals surface area contributed by atoms with Crippen molar-refractivity contribution in [2.75, 3.05) is 21.3 Å². The Kier molecular flexibility index (Phi) is 9.32.